The molecule has 0 spiro atoms. The van der Waals surface area contributed by atoms with Crippen LogP contribution in [0.5, 0.6) is 0 Å². The lowest BCUT2D eigenvalue weighted by Crippen LogP contribution is -2.49. The monoisotopic (exact) mass is 326 g/mol. The van der Waals surface area contributed by atoms with E-state index in [9.17, 15) is 14.7 Å². The van der Waals surface area contributed by atoms with Crippen molar-refractivity contribution >= 4 is 24.3 Å². The Morgan fingerprint density at radius 1 is 1.32 bits per heavy atom. The SMILES string of the molecule is CC(NC(=O)CN1CCCCC1C(=O)O)c1ccccc1.Cl. The first-order valence-corrected chi connectivity index (χ1v) is 7.39. The third-order valence-electron chi connectivity index (χ3n) is 3.92. The summed E-state index contributed by atoms with van der Waals surface area (Å²) in [5.41, 5.74) is 1.04. The maximum Gasteiger partial charge on any atom is 0.320 e. The zero-order chi connectivity index (χ0) is 15.2. The first-order chi connectivity index (χ1) is 10.1. The van der Waals surface area contributed by atoms with Crippen molar-refractivity contribution in [1.82, 2.24) is 10.2 Å². The lowest BCUT2D eigenvalue weighted by Gasteiger charge is -2.32. The number of carboxylic acids is 1. The number of hydrogen-bond acceptors (Lipinski definition) is 3. The zero-order valence-electron chi connectivity index (χ0n) is 12.7. The number of rotatable bonds is 5. The highest BCUT2D eigenvalue weighted by atomic mass is 35.5. The van der Waals surface area contributed by atoms with Crippen molar-refractivity contribution in [1.29, 1.82) is 0 Å². The van der Waals surface area contributed by atoms with Gasteiger partial charge in [0.2, 0.25) is 5.91 Å². The van der Waals surface area contributed by atoms with Crippen molar-refractivity contribution in [3.8, 4) is 0 Å². The maximum atomic E-state index is 12.1. The van der Waals surface area contributed by atoms with Gasteiger partial charge in [0.15, 0.2) is 0 Å². The second-order valence-electron chi connectivity index (χ2n) is 5.52. The first kappa shape index (κ1) is 18.5. The zero-order valence-corrected chi connectivity index (χ0v) is 13.5. The van der Waals surface area contributed by atoms with Crippen LogP contribution < -0.4 is 5.32 Å². The molecule has 0 bridgehead atoms. The van der Waals surface area contributed by atoms with E-state index in [0.29, 0.717) is 13.0 Å². The van der Waals surface area contributed by atoms with Crippen molar-refractivity contribution in [3.05, 3.63) is 35.9 Å². The number of nitrogens with one attached hydrogen (secondary N) is 1. The number of carboxylic acid groups (broad SMARTS) is 1. The molecule has 0 radical (unpaired) electrons. The first-order valence-electron chi connectivity index (χ1n) is 7.39. The summed E-state index contributed by atoms with van der Waals surface area (Å²) in [7, 11) is 0. The number of hydrogen-bond donors (Lipinski definition) is 2. The summed E-state index contributed by atoms with van der Waals surface area (Å²) >= 11 is 0. The number of nitrogens with zero attached hydrogens (tertiary/aromatic N) is 1. The second-order valence-corrected chi connectivity index (χ2v) is 5.52. The fourth-order valence-corrected chi connectivity index (χ4v) is 2.76. The topological polar surface area (TPSA) is 69.6 Å². The van der Waals surface area contributed by atoms with Crippen LogP contribution in [-0.4, -0.2) is 41.0 Å². The fraction of sp³-hybridized carbons (Fsp3) is 0.500. The minimum absolute atomic E-state index is 0. The number of carbonyl (C=O) groups is 2. The van der Waals surface area contributed by atoms with Crippen LogP contribution in [0, 0.1) is 0 Å². The van der Waals surface area contributed by atoms with Gasteiger partial charge < -0.3 is 10.4 Å². The van der Waals surface area contributed by atoms with Gasteiger partial charge in [-0.2, -0.15) is 0 Å². The molecule has 2 rings (SSSR count). The molecule has 6 heteroatoms. The molecule has 0 saturated carbocycles. The lowest BCUT2D eigenvalue weighted by atomic mass is 10.0. The van der Waals surface area contributed by atoms with Gasteiger partial charge in [0.25, 0.3) is 0 Å². The van der Waals surface area contributed by atoms with E-state index in [1.807, 2.05) is 37.3 Å². The van der Waals surface area contributed by atoms with E-state index in [0.717, 1.165) is 18.4 Å². The second kappa shape index (κ2) is 8.76. The van der Waals surface area contributed by atoms with Gasteiger partial charge in [-0.25, -0.2) is 0 Å². The van der Waals surface area contributed by atoms with Gasteiger partial charge in [-0.15, -0.1) is 12.4 Å². The Bertz CT molecular complexity index is 495. The van der Waals surface area contributed by atoms with Crippen molar-refractivity contribution in [2.45, 2.75) is 38.3 Å². The van der Waals surface area contributed by atoms with Crippen LogP contribution in [0.1, 0.15) is 37.8 Å². The molecule has 22 heavy (non-hydrogen) atoms. The van der Waals surface area contributed by atoms with Gasteiger partial charge >= 0.3 is 5.97 Å². The molecule has 1 aliphatic heterocycles. The van der Waals surface area contributed by atoms with Crippen molar-refractivity contribution in [3.63, 3.8) is 0 Å². The highest BCUT2D eigenvalue weighted by molar-refractivity contribution is 5.85. The van der Waals surface area contributed by atoms with Crippen LogP contribution in [-0.2, 0) is 9.59 Å². The van der Waals surface area contributed by atoms with Gasteiger partial charge in [0.05, 0.1) is 12.6 Å². The number of benzene rings is 1. The minimum Gasteiger partial charge on any atom is -0.480 e. The Morgan fingerprint density at radius 2 is 2.00 bits per heavy atom. The predicted octanol–water partition coefficient (Wildman–Crippen LogP) is 2.22. The minimum atomic E-state index is -0.835. The number of piperidine rings is 1. The average Bonchev–Trinajstić information content (AvgIpc) is 2.48. The summed E-state index contributed by atoms with van der Waals surface area (Å²) in [5, 5.41) is 12.1. The molecule has 1 aliphatic rings. The Kier molecular flexibility index (Phi) is 7.35. The van der Waals surface area contributed by atoms with E-state index in [-0.39, 0.29) is 30.9 Å². The third kappa shape index (κ3) is 5.00. The molecule has 1 aromatic rings. The molecule has 2 N–H and O–H groups in total. The Morgan fingerprint density at radius 3 is 2.64 bits per heavy atom. The van der Waals surface area contributed by atoms with Crippen LogP contribution in [0.25, 0.3) is 0 Å². The largest absolute Gasteiger partial charge is 0.480 e. The summed E-state index contributed by atoms with van der Waals surface area (Å²) in [5.74, 6) is -0.960. The van der Waals surface area contributed by atoms with Crippen LogP contribution in [0.15, 0.2) is 30.3 Å². The summed E-state index contributed by atoms with van der Waals surface area (Å²) < 4.78 is 0. The Balaban J connectivity index is 0.00000242. The van der Waals surface area contributed by atoms with E-state index in [1.165, 1.54) is 0 Å². The van der Waals surface area contributed by atoms with E-state index in [1.54, 1.807) is 4.90 Å². The maximum absolute atomic E-state index is 12.1. The summed E-state index contributed by atoms with van der Waals surface area (Å²) in [4.78, 5) is 25.1. The van der Waals surface area contributed by atoms with Crippen LogP contribution >= 0.6 is 12.4 Å². The van der Waals surface area contributed by atoms with E-state index in [4.69, 9.17) is 0 Å². The summed E-state index contributed by atoms with van der Waals surface area (Å²) in [6, 6.07) is 9.12. The Hall–Kier alpha value is -1.59. The van der Waals surface area contributed by atoms with E-state index < -0.39 is 12.0 Å². The molecule has 122 valence electrons. The highest BCUT2D eigenvalue weighted by Crippen LogP contribution is 2.17. The van der Waals surface area contributed by atoms with Crippen LogP contribution in [0.2, 0.25) is 0 Å². The molecule has 1 amide bonds. The van der Waals surface area contributed by atoms with Crippen molar-refractivity contribution in [2.75, 3.05) is 13.1 Å². The molecule has 1 heterocycles. The standard InChI is InChI=1S/C16H22N2O3.ClH/c1-12(13-7-3-2-4-8-13)17-15(19)11-18-10-6-5-9-14(18)16(20)21;/h2-4,7-8,12,14H,5-6,9-11H2,1H3,(H,17,19)(H,20,21);1H. The molecule has 0 aliphatic carbocycles. The fourth-order valence-electron chi connectivity index (χ4n) is 2.76. The molecular weight excluding hydrogens is 304 g/mol. The normalized spacial score (nSPS) is 19.8. The molecule has 1 saturated heterocycles. The quantitative estimate of drug-likeness (QED) is 0.870. The molecular formula is C16H23ClN2O3. The van der Waals surface area contributed by atoms with Crippen molar-refractivity contribution in [2.24, 2.45) is 0 Å². The van der Waals surface area contributed by atoms with Crippen LogP contribution in [0.3, 0.4) is 0 Å². The molecule has 2 atom stereocenters. The van der Waals surface area contributed by atoms with Gasteiger partial charge in [-0.3, -0.25) is 14.5 Å². The highest BCUT2D eigenvalue weighted by Gasteiger charge is 2.29. The average molecular weight is 327 g/mol. The lowest BCUT2D eigenvalue weighted by molar-refractivity contribution is -0.145. The van der Waals surface area contributed by atoms with Crippen molar-refractivity contribution < 1.29 is 14.7 Å². The molecule has 1 fully saturated rings. The third-order valence-corrected chi connectivity index (χ3v) is 3.92. The van der Waals surface area contributed by atoms with E-state index >= 15 is 0 Å². The molecule has 0 aromatic heterocycles. The number of halogens is 1. The van der Waals surface area contributed by atoms with Gasteiger partial charge in [0, 0.05) is 0 Å². The van der Waals surface area contributed by atoms with Crippen LogP contribution in [0.4, 0.5) is 0 Å². The van der Waals surface area contributed by atoms with E-state index in [2.05, 4.69) is 5.32 Å². The number of likely N-dealkylation sites (tertiary alicyclic amines) is 1. The van der Waals surface area contributed by atoms with Gasteiger partial charge in [-0.1, -0.05) is 36.8 Å². The molecule has 2 unspecified atom stereocenters. The molecule has 5 nitrogen and oxygen atoms in total. The van der Waals surface area contributed by atoms with Gasteiger partial charge in [-0.05, 0) is 31.9 Å². The number of aliphatic carboxylic acids is 1. The number of carbonyl (C=O) groups excluding carboxylic acids is 1. The smallest absolute Gasteiger partial charge is 0.320 e. The Labute approximate surface area is 137 Å². The van der Waals surface area contributed by atoms with Gasteiger partial charge in [0.1, 0.15) is 6.04 Å². The predicted molar refractivity (Wildman–Crippen MR) is 87.1 cm³/mol. The molecule has 1 aromatic carbocycles. The summed E-state index contributed by atoms with van der Waals surface area (Å²) in [6.45, 7) is 2.75. The number of amides is 1. The summed E-state index contributed by atoms with van der Waals surface area (Å²) in [6.07, 6.45) is 2.48.